The zero-order valence-corrected chi connectivity index (χ0v) is 12.2. The highest BCUT2D eigenvalue weighted by Gasteiger charge is 2.10. The minimum Gasteiger partial charge on any atom is -0.334 e. The highest BCUT2D eigenvalue weighted by atomic mass is 35.5. The quantitative estimate of drug-likeness (QED) is 0.870. The van der Waals surface area contributed by atoms with Crippen molar-refractivity contribution in [1.82, 2.24) is 14.9 Å². The molecule has 4 heteroatoms. The van der Waals surface area contributed by atoms with Crippen LogP contribution in [-0.2, 0) is 13.1 Å². The first-order chi connectivity index (χ1) is 9.22. The molecule has 0 bridgehead atoms. The summed E-state index contributed by atoms with van der Waals surface area (Å²) in [7, 11) is 0. The topological polar surface area (TPSA) is 29.9 Å². The van der Waals surface area contributed by atoms with Crippen molar-refractivity contribution in [3.8, 4) is 0 Å². The van der Waals surface area contributed by atoms with Crippen LogP contribution in [0, 0.1) is 0 Å². The molecule has 0 unspecified atom stereocenters. The molecular formula is C15H20ClN3. The number of halogens is 1. The predicted molar refractivity (Wildman–Crippen MR) is 79.2 cm³/mol. The molecule has 0 aliphatic rings. The van der Waals surface area contributed by atoms with Gasteiger partial charge in [-0.3, -0.25) is 0 Å². The zero-order chi connectivity index (χ0) is 13.7. The fraction of sp³-hybridized carbons (Fsp3) is 0.400. The van der Waals surface area contributed by atoms with E-state index >= 15 is 0 Å². The number of nitrogens with zero attached hydrogens (tertiary/aromatic N) is 2. The minimum absolute atomic E-state index is 0.209. The van der Waals surface area contributed by atoms with Crippen molar-refractivity contribution in [3.63, 3.8) is 0 Å². The van der Waals surface area contributed by atoms with Crippen molar-refractivity contribution in [2.75, 3.05) is 0 Å². The smallest absolute Gasteiger partial charge is 0.122 e. The van der Waals surface area contributed by atoms with Gasteiger partial charge in [0.1, 0.15) is 5.82 Å². The average molecular weight is 278 g/mol. The molecule has 0 saturated heterocycles. The van der Waals surface area contributed by atoms with Crippen LogP contribution in [0.1, 0.15) is 37.7 Å². The summed E-state index contributed by atoms with van der Waals surface area (Å²) in [4.78, 5) is 4.39. The third-order valence-corrected chi connectivity index (χ3v) is 3.55. The Morgan fingerprint density at radius 3 is 2.89 bits per heavy atom. The Balaban J connectivity index is 1.98. The van der Waals surface area contributed by atoms with Crippen molar-refractivity contribution in [2.24, 2.45) is 0 Å². The van der Waals surface area contributed by atoms with Crippen molar-refractivity contribution >= 4 is 11.6 Å². The molecule has 1 atom stereocenters. The molecule has 0 saturated carbocycles. The van der Waals surface area contributed by atoms with Gasteiger partial charge in [-0.1, -0.05) is 36.7 Å². The maximum atomic E-state index is 6.20. The van der Waals surface area contributed by atoms with Crippen molar-refractivity contribution in [1.29, 1.82) is 0 Å². The lowest BCUT2D eigenvalue weighted by Crippen LogP contribution is -2.21. The summed E-state index contributed by atoms with van der Waals surface area (Å²) in [6.07, 6.45) is 5.00. The summed E-state index contributed by atoms with van der Waals surface area (Å²) in [5.41, 5.74) is 1.12. The highest BCUT2D eigenvalue weighted by Crippen LogP contribution is 2.22. The molecule has 19 heavy (non-hydrogen) atoms. The first-order valence-electron chi connectivity index (χ1n) is 6.70. The molecule has 0 fully saturated rings. The normalized spacial score (nSPS) is 12.6. The Kier molecular flexibility index (Phi) is 5.00. The second-order valence-electron chi connectivity index (χ2n) is 4.66. The number of hydrogen-bond acceptors (Lipinski definition) is 2. The zero-order valence-electron chi connectivity index (χ0n) is 11.4. The van der Waals surface area contributed by atoms with E-state index < -0.39 is 0 Å². The molecule has 3 nitrogen and oxygen atoms in total. The Morgan fingerprint density at radius 1 is 1.37 bits per heavy atom. The van der Waals surface area contributed by atoms with Gasteiger partial charge in [0.2, 0.25) is 0 Å². The number of aromatic nitrogens is 2. The van der Waals surface area contributed by atoms with Gasteiger partial charge in [0.15, 0.2) is 0 Å². The summed E-state index contributed by atoms with van der Waals surface area (Å²) < 4.78 is 2.19. The number of nitrogens with one attached hydrogen (secondary N) is 1. The van der Waals surface area contributed by atoms with Crippen LogP contribution in [0.3, 0.4) is 0 Å². The van der Waals surface area contributed by atoms with Gasteiger partial charge in [-0.2, -0.15) is 0 Å². The van der Waals surface area contributed by atoms with Gasteiger partial charge in [0.25, 0.3) is 0 Å². The van der Waals surface area contributed by atoms with E-state index in [0.29, 0.717) is 0 Å². The lowest BCUT2D eigenvalue weighted by Gasteiger charge is -2.16. The van der Waals surface area contributed by atoms with Gasteiger partial charge in [-0.15, -0.1) is 0 Å². The maximum Gasteiger partial charge on any atom is 0.122 e. The largest absolute Gasteiger partial charge is 0.334 e. The number of imidazole rings is 1. The molecule has 0 aliphatic carbocycles. The van der Waals surface area contributed by atoms with Crippen molar-refractivity contribution in [2.45, 2.75) is 39.4 Å². The van der Waals surface area contributed by atoms with Gasteiger partial charge in [0.05, 0.1) is 6.54 Å². The minimum atomic E-state index is 0.209. The monoisotopic (exact) mass is 277 g/mol. The number of benzene rings is 1. The second-order valence-corrected chi connectivity index (χ2v) is 5.07. The number of aryl methyl sites for hydroxylation is 1. The molecule has 0 radical (unpaired) electrons. The first kappa shape index (κ1) is 14.1. The lowest BCUT2D eigenvalue weighted by molar-refractivity contribution is 0.532. The molecule has 102 valence electrons. The molecule has 2 rings (SSSR count). The van der Waals surface area contributed by atoms with Crippen molar-refractivity contribution in [3.05, 3.63) is 53.1 Å². The van der Waals surface area contributed by atoms with Crippen LogP contribution in [0.4, 0.5) is 0 Å². The van der Waals surface area contributed by atoms with Crippen LogP contribution in [0.25, 0.3) is 0 Å². The number of hydrogen-bond donors (Lipinski definition) is 1. The molecule has 1 N–H and O–H groups in total. The van der Waals surface area contributed by atoms with Gasteiger partial charge in [-0.25, -0.2) is 4.98 Å². The van der Waals surface area contributed by atoms with Crippen LogP contribution in [0.5, 0.6) is 0 Å². The van der Waals surface area contributed by atoms with E-state index in [-0.39, 0.29) is 6.04 Å². The summed E-state index contributed by atoms with van der Waals surface area (Å²) in [6, 6.07) is 8.15. The first-order valence-corrected chi connectivity index (χ1v) is 7.08. The van der Waals surface area contributed by atoms with E-state index in [1.165, 1.54) is 0 Å². The molecule has 0 spiro atoms. The van der Waals surface area contributed by atoms with Gasteiger partial charge >= 0.3 is 0 Å². The van der Waals surface area contributed by atoms with Crippen LogP contribution in [0.15, 0.2) is 36.7 Å². The van der Waals surface area contributed by atoms with E-state index in [0.717, 1.165) is 35.9 Å². The van der Waals surface area contributed by atoms with Crippen LogP contribution in [-0.4, -0.2) is 9.55 Å². The summed E-state index contributed by atoms with van der Waals surface area (Å²) in [6.45, 7) is 6.05. The predicted octanol–water partition coefficient (Wildman–Crippen LogP) is 3.80. The summed E-state index contributed by atoms with van der Waals surface area (Å²) in [5, 5.41) is 4.28. The van der Waals surface area contributed by atoms with Gasteiger partial charge < -0.3 is 9.88 Å². The molecule has 0 aliphatic heterocycles. The SMILES string of the molecule is CCCn1ccnc1CN[C@@H](C)c1ccccc1Cl. The fourth-order valence-corrected chi connectivity index (χ4v) is 2.43. The Hall–Kier alpha value is -1.32. The summed E-state index contributed by atoms with van der Waals surface area (Å²) in [5.74, 6) is 1.07. The second kappa shape index (κ2) is 6.73. The van der Waals surface area contributed by atoms with E-state index in [4.69, 9.17) is 11.6 Å². The summed E-state index contributed by atoms with van der Waals surface area (Å²) >= 11 is 6.20. The van der Waals surface area contributed by atoms with Gasteiger partial charge in [0, 0.05) is 30.0 Å². The molecular weight excluding hydrogens is 258 g/mol. The van der Waals surface area contributed by atoms with Crippen LogP contribution < -0.4 is 5.32 Å². The van der Waals surface area contributed by atoms with Crippen molar-refractivity contribution < 1.29 is 0 Å². The fourth-order valence-electron chi connectivity index (χ4n) is 2.13. The third-order valence-electron chi connectivity index (χ3n) is 3.20. The third kappa shape index (κ3) is 3.58. The Bertz CT molecular complexity index is 522. The van der Waals surface area contributed by atoms with Crippen LogP contribution in [0.2, 0.25) is 5.02 Å². The van der Waals surface area contributed by atoms with Gasteiger partial charge in [-0.05, 0) is 25.0 Å². The lowest BCUT2D eigenvalue weighted by atomic mass is 10.1. The molecule has 2 aromatic rings. The number of rotatable bonds is 6. The molecule has 1 aromatic carbocycles. The maximum absolute atomic E-state index is 6.20. The highest BCUT2D eigenvalue weighted by molar-refractivity contribution is 6.31. The standard InChI is InChI=1S/C15H20ClN3/c1-3-9-19-10-8-17-15(19)11-18-12(2)13-6-4-5-7-14(13)16/h4-8,10,12,18H,3,9,11H2,1-2H3/t12-/m0/s1. The molecule has 0 amide bonds. The Morgan fingerprint density at radius 2 is 2.16 bits per heavy atom. The van der Waals surface area contributed by atoms with E-state index in [9.17, 15) is 0 Å². The Labute approximate surface area is 119 Å². The average Bonchev–Trinajstić information content (AvgIpc) is 2.84. The van der Waals surface area contributed by atoms with E-state index in [2.05, 4.69) is 34.8 Å². The van der Waals surface area contributed by atoms with E-state index in [1.54, 1.807) is 0 Å². The molecule has 1 heterocycles. The van der Waals surface area contributed by atoms with E-state index in [1.807, 2.05) is 30.6 Å². The van der Waals surface area contributed by atoms with Crippen LogP contribution >= 0.6 is 11.6 Å². The molecule has 1 aromatic heterocycles.